The maximum atomic E-state index is 9.65. The van der Waals surface area contributed by atoms with Crippen molar-refractivity contribution in [1.82, 2.24) is 0 Å². The summed E-state index contributed by atoms with van der Waals surface area (Å²) < 4.78 is 5.44. The minimum atomic E-state index is 0.339. The van der Waals surface area contributed by atoms with Crippen LogP contribution >= 0.6 is 0 Å². The van der Waals surface area contributed by atoms with Crippen molar-refractivity contribution < 1.29 is 9.84 Å². The molecule has 0 spiro atoms. The molecule has 112 valence electrons. The molecule has 1 N–H and O–H groups in total. The minimum Gasteiger partial charge on any atom is -0.508 e. The number of hydrogen-bond acceptors (Lipinski definition) is 2. The van der Waals surface area contributed by atoms with Gasteiger partial charge in [0.05, 0.1) is 7.11 Å². The lowest BCUT2D eigenvalue weighted by atomic mass is 9.93. The number of phenolic OH excluding ortho intramolecular Hbond substituents is 1. The molecule has 0 heterocycles. The number of methoxy groups -OCH3 is 1. The van der Waals surface area contributed by atoms with Crippen LogP contribution in [0.2, 0.25) is 0 Å². The molecule has 0 unspecified atom stereocenters. The maximum absolute atomic E-state index is 9.65. The molecule has 21 heavy (non-hydrogen) atoms. The van der Waals surface area contributed by atoms with E-state index in [4.69, 9.17) is 4.74 Å². The second kappa shape index (κ2) is 6.21. The Kier molecular flexibility index (Phi) is 4.56. The van der Waals surface area contributed by atoms with Crippen molar-refractivity contribution in [3.63, 3.8) is 0 Å². The van der Waals surface area contributed by atoms with Crippen LogP contribution in [0.4, 0.5) is 0 Å². The molecular weight excluding hydrogens is 260 g/mol. The molecule has 0 fully saturated rings. The van der Waals surface area contributed by atoms with Crippen LogP contribution < -0.4 is 4.74 Å². The number of hydrogen-bond donors (Lipinski definition) is 1. The van der Waals surface area contributed by atoms with Crippen molar-refractivity contribution in [3.8, 4) is 11.5 Å². The molecule has 0 aliphatic rings. The Morgan fingerprint density at radius 2 is 1.67 bits per heavy atom. The number of ether oxygens (including phenoxy) is 1. The van der Waals surface area contributed by atoms with Gasteiger partial charge < -0.3 is 9.84 Å². The summed E-state index contributed by atoms with van der Waals surface area (Å²) in [6.45, 7) is 8.46. The molecule has 2 aromatic rings. The quantitative estimate of drug-likeness (QED) is 0.879. The van der Waals surface area contributed by atoms with Gasteiger partial charge in [0.15, 0.2) is 0 Å². The lowest BCUT2D eigenvalue weighted by Crippen LogP contribution is -1.99. The Morgan fingerprint density at radius 3 is 2.19 bits per heavy atom. The van der Waals surface area contributed by atoms with E-state index in [1.807, 2.05) is 12.1 Å². The SMILES string of the molecule is COc1ccc(Cc2c(C)cc(O)cc2C)cc1C(C)C. The third-order valence-corrected chi connectivity index (χ3v) is 3.98. The van der Waals surface area contributed by atoms with Crippen molar-refractivity contribution in [2.75, 3.05) is 7.11 Å². The highest BCUT2D eigenvalue weighted by Gasteiger charge is 2.11. The van der Waals surface area contributed by atoms with Gasteiger partial charge in [-0.3, -0.25) is 0 Å². The fourth-order valence-electron chi connectivity index (χ4n) is 2.80. The molecule has 0 aliphatic heterocycles. The highest BCUT2D eigenvalue weighted by atomic mass is 16.5. The first kappa shape index (κ1) is 15.4. The zero-order chi connectivity index (χ0) is 15.6. The predicted molar refractivity (Wildman–Crippen MR) is 87.5 cm³/mol. The lowest BCUT2D eigenvalue weighted by molar-refractivity contribution is 0.407. The molecule has 0 saturated heterocycles. The number of rotatable bonds is 4. The largest absolute Gasteiger partial charge is 0.508 e. The highest BCUT2D eigenvalue weighted by molar-refractivity contribution is 5.45. The molecule has 2 nitrogen and oxygen atoms in total. The van der Waals surface area contributed by atoms with Crippen LogP contribution in [0.1, 0.15) is 47.6 Å². The third-order valence-electron chi connectivity index (χ3n) is 3.98. The van der Waals surface area contributed by atoms with E-state index in [2.05, 4.69) is 45.9 Å². The Balaban J connectivity index is 2.39. The van der Waals surface area contributed by atoms with E-state index in [-0.39, 0.29) is 0 Å². The first-order chi connectivity index (χ1) is 9.92. The van der Waals surface area contributed by atoms with Crippen LogP contribution in [0.3, 0.4) is 0 Å². The normalized spacial score (nSPS) is 11.0. The molecule has 0 atom stereocenters. The van der Waals surface area contributed by atoms with E-state index < -0.39 is 0 Å². The lowest BCUT2D eigenvalue weighted by Gasteiger charge is -2.15. The highest BCUT2D eigenvalue weighted by Crippen LogP contribution is 2.29. The monoisotopic (exact) mass is 284 g/mol. The van der Waals surface area contributed by atoms with Crippen molar-refractivity contribution in [1.29, 1.82) is 0 Å². The van der Waals surface area contributed by atoms with Crippen molar-refractivity contribution in [2.24, 2.45) is 0 Å². The molecule has 2 heteroatoms. The number of aryl methyl sites for hydroxylation is 2. The Bertz CT molecular complexity index is 619. The molecule has 0 amide bonds. The minimum absolute atomic E-state index is 0.339. The number of phenols is 1. The van der Waals surface area contributed by atoms with Crippen LogP contribution in [-0.4, -0.2) is 12.2 Å². The van der Waals surface area contributed by atoms with E-state index in [0.717, 1.165) is 23.3 Å². The molecule has 0 saturated carbocycles. The fourth-order valence-corrected chi connectivity index (χ4v) is 2.80. The van der Waals surface area contributed by atoms with Crippen LogP contribution in [0.15, 0.2) is 30.3 Å². The van der Waals surface area contributed by atoms with Gasteiger partial charge in [0, 0.05) is 0 Å². The summed E-state index contributed by atoms with van der Waals surface area (Å²) >= 11 is 0. The second-order valence-electron chi connectivity index (χ2n) is 5.97. The van der Waals surface area contributed by atoms with Crippen molar-refractivity contribution in [3.05, 3.63) is 58.1 Å². The summed E-state index contributed by atoms with van der Waals surface area (Å²) in [5, 5.41) is 9.65. The molecule has 0 radical (unpaired) electrons. The van der Waals surface area contributed by atoms with Crippen LogP contribution in [0, 0.1) is 13.8 Å². The zero-order valence-electron chi connectivity index (χ0n) is 13.5. The van der Waals surface area contributed by atoms with Gasteiger partial charge in [-0.1, -0.05) is 26.0 Å². The van der Waals surface area contributed by atoms with Crippen LogP contribution in [0.5, 0.6) is 11.5 Å². The molecule has 0 bridgehead atoms. The van der Waals surface area contributed by atoms with Crippen LogP contribution in [0.25, 0.3) is 0 Å². The molecule has 2 rings (SSSR count). The third kappa shape index (κ3) is 3.38. The summed E-state index contributed by atoms with van der Waals surface area (Å²) in [5.41, 5.74) is 6.07. The van der Waals surface area contributed by atoms with E-state index in [0.29, 0.717) is 11.7 Å². The van der Waals surface area contributed by atoms with E-state index in [1.54, 1.807) is 7.11 Å². The second-order valence-corrected chi connectivity index (χ2v) is 5.97. The van der Waals surface area contributed by atoms with Gasteiger partial charge >= 0.3 is 0 Å². The smallest absolute Gasteiger partial charge is 0.122 e. The van der Waals surface area contributed by atoms with E-state index in [1.165, 1.54) is 16.7 Å². The van der Waals surface area contributed by atoms with Crippen LogP contribution in [-0.2, 0) is 6.42 Å². The average molecular weight is 284 g/mol. The first-order valence-electron chi connectivity index (χ1n) is 7.38. The summed E-state index contributed by atoms with van der Waals surface area (Å²) in [6.07, 6.45) is 0.877. The summed E-state index contributed by atoms with van der Waals surface area (Å²) in [5.74, 6) is 1.72. The van der Waals surface area contributed by atoms with Gasteiger partial charge in [-0.05, 0) is 72.2 Å². The van der Waals surface area contributed by atoms with Gasteiger partial charge in [-0.15, -0.1) is 0 Å². The maximum Gasteiger partial charge on any atom is 0.122 e. The number of aromatic hydroxyl groups is 1. The van der Waals surface area contributed by atoms with Gasteiger partial charge in [-0.2, -0.15) is 0 Å². The van der Waals surface area contributed by atoms with Gasteiger partial charge in [-0.25, -0.2) is 0 Å². The standard InChI is InChI=1S/C19H24O2/c1-12(2)17-10-15(6-7-19(17)21-5)11-18-13(3)8-16(20)9-14(18)4/h6-10,12,20H,11H2,1-5H3. The molecule has 0 aliphatic carbocycles. The average Bonchev–Trinajstić information content (AvgIpc) is 2.42. The Labute approximate surface area is 127 Å². The topological polar surface area (TPSA) is 29.5 Å². The van der Waals surface area contributed by atoms with E-state index in [9.17, 15) is 5.11 Å². The molecular formula is C19H24O2. The summed E-state index contributed by atoms with van der Waals surface area (Å²) in [7, 11) is 1.72. The molecule has 2 aromatic carbocycles. The molecule has 0 aromatic heterocycles. The van der Waals surface area contributed by atoms with Gasteiger partial charge in [0.2, 0.25) is 0 Å². The van der Waals surface area contributed by atoms with Crippen molar-refractivity contribution >= 4 is 0 Å². The Morgan fingerprint density at radius 1 is 1.05 bits per heavy atom. The Hall–Kier alpha value is -1.96. The zero-order valence-corrected chi connectivity index (χ0v) is 13.5. The van der Waals surface area contributed by atoms with Crippen molar-refractivity contribution in [2.45, 2.75) is 40.0 Å². The summed E-state index contributed by atoms with van der Waals surface area (Å²) in [4.78, 5) is 0. The van der Waals surface area contributed by atoms with Gasteiger partial charge in [0.1, 0.15) is 11.5 Å². The summed E-state index contributed by atoms with van der Waals surface area (Å²) in [6, 6.07) is 10.1. The van der Waals surface area contributed by atoms with E-state index >= 15 is 0 Å². The fraction of sp³-hybridized carbons (Fsp3) is 0.368. The predicted octanol–water partition coefficient (Wildman–Crippen LogP) is 4.73. The number of benzene rings is 2. The van der Waals surface area contributed by atoms with Gasteiger partial charge in [0.25, 0.3) is 0 Å². The first-order valence-corrected chi connectivity index (χ1v) is 7.38.